The minimum Gasteiger partial charge on any atom is -0.478 e. The quantitative estimate of drug-likeness (QED) is 0.0199. The summed E-state index contributed by atoms with van der Waals surface area (Å²) in [7, 11) is 4.68. The number of nitrogens with zero attached hydrogens (tertiary/aromatic N) is 2. The van der Waals surface area contributed by atoms with Crippen LogP contribution in [0.2, 0.25) is 0 Å². The molecule has 4 heterocycles. The molecule has 11 N–H and O–H groups in total. The van der Waals surface area contributed by atoms with E-state index in [9.17, 15) is 45.3 Å². The SMILES string of the molecule is C=CC1C(OC2OC(CO)C(O)C(O)(O)C2OCNC)OC=C2C(=O)OC3CCCC3CSSCC(CO)N3C=C(C(=O)O)C(NC(N)=NCCCO)=C(C=CC21)C3. The summed E-state index contributed by atoms with van der Waals surface area (Å²) in [5, 5.41) is 78.2. The van der Waals surface area contributed by atoms with Crippen LogP contribution in [0.25, 0.3) is 0 Å². The minimum absolute atomic E-state index is 0.0681. The smallest absolute Gasteiger partial charge is 0.339 e. The highest BCUT2D eigenvalue weighted by Crippen LogP contribution is 2.41. The zero-order valence-electron chi connectivity index (χ0n) is 32.1. The van der Waals surface area contributed by atoms with Crippen molar-refractivity contribution in [1.29, 1.82) is 0 Å². The summed E-state index contributed by atoms with van der Waals surface area (Å²) in [6.07, 6.45) is 1.55. The third kappa shape index (κ3) is 10.8. The molecule has 0 aromatic heterocycles. The molecule has 5 aliphatic rings. The van der Waals surface area contributed by atoms with E-state index in [1.54, 1.807) is 45.7 Å². The average Bonchev–Trinajstić information content (AvgIpc) is 3.64. The van der Waals surface area contributed by atoms with Gasteiger partial charge >= 0.3 is 11.9 Å². The van der Waals surface area contributed by atoms with Gasteiger partial charge in [-0.15, -0.1) is 6.58 Å². The largest absolute Gasteiger partial charge is 0.478 e. The number of hydrogen-bond donors (Lipinski definition) is 10. The molecule has 2 bridgehead atoms. The van der Waals surface area contributed by atoms with Gasteiger partial charge in [0.05, 0.1) is 55.0 Å². The van der Waals surface area contributed by atoms with Crippen LogP contribution >= 0.6 is 21.6 Å². The molecule has 5 rings (SSSR count). The van der Waals surface area contributed by atoms with Crippen molar-refractivity contribution in [2.75, 3.05) is 58.2 Å². The minimum atomic E-state index is -2.94. The number of aliphatic hydroxyl groups is 6. The van der Waals surface area contributed by atoms with E-state index in [-0.39, 0.29) is 67.9 Å². The van der Waals surface area contributed by atoms with Crippen LogP contribution in [-0.2, 0) is 33.3 Å². The highest BCUT2D eigenvalue weighted by Gasteiger charge is 2.57. The lowest BCUT2D eigenvalue weighted by Gasteiger charge is -2.47. The number of carboxylic acids is 1. The lowest BCUT2D eigenvalue weighted by atomic mass is 9.83. The molecule has 10 unspecified atom stereocenters. The van der Waals surface area contributed by atoms with Crippen molar-refractivity contribution in [3.63, 3.8) is 0 Å². The second-order valence-corrected chi connectivity index (χ2v) is 16.9. The van der Waals surface area contributed by atoms with Crippen LogP contribution in [0.4, 0.5) is 0 Å². The monoisotopic (exact) mass is 857 g/mol. The molecule has 1 aliphatic carbocycles. The van der Waals surface area contributed by atoms with Gasteiger partial charge in [0, 0.05) is 49.2 Å². The maximum absolute atomic E-state index is 14.1. The number of nitrogens with one attached hydrogen (secondary N) is 2. The highest BCUT2D eigenvalue weighted by molar-refractivity contribution is 8.76. The summed E-state index contributed by atoms with van der Waals surface area (Å²) in [6, 6.07) is -0.477. The van der Waals surface area contributed by atoms with Crippen molar-refractivity contribution in [2.24, 2.45) is 28.5 Å². The number of carboxylic acid groups (broad SMARTS) is 1. The Balaban J connectivity index is 1.59. The average molecular weight is 858 g/mol. The first-order chi connectivity index (χ1) is 27.9. The molecular formula is C37H55N5O14S2. The van der Waals surface area contributed by atoms with Crippen LogP contribution in [-0.4, -0.2) is 166 Å². The summed E-state index contributed by atoms with van der Waals surface area (Å²) in [4.78, 5) is 32.9. The Morgan fingerprint density at radius 1 is 1.19 bits per heavy atom. The van der Waals surface area contributed by atoms with Gasteiger partial charge in [0.25, 0.3) is 0 Å². The summed E-state index contributed by atoms with van der Waals surface area (Å²) >= 11 is 0. The van der Waals surface area contributed by atoms with Gasteiger partial charge in [-0.25, -0.2) is 9.59 Å². The number of nitrogens with two attached hydrogens (primary N) is 1. The van der Waals surface area contributed by atoms with Crippen LogP contribution < -0.4 is 16.4 Å². The molecule has 1 saturated carbocycles. The summed E-state index contributed by atoms with van der Waals surface area (Å²) in [5.74, 6) is -5.62. The van der Waals surface area contributed by atoms with Gasteiger partial charge in [0.1, 0.15) is 18.3 Å². The van der Waals surface area contributed by atoms with Crippen molar-refractivity contribution in [1.82, 2.24) is 15.5 Å². The van der Waals surface area contributed by atoms with Gasteiger partial charge in [-0.05, 0) is 38.3 Å². The number of aliphatic hydroxyl groups excluding tert-OH is 4. The van der Waals surface area contributed by atoms with Crippen LogP contribution in [0, 0.1) is 17.8 Å². The Hall–Kier alpha value is -3.19. The fraction of sp³-hybridized carbons (Fsp3) is 0.649. The second kappa shape index (κ2) is 21.4. The Morgan fingerprint density at radius 2 is 1.97 bits per heavy atom. The number of guanidine groups is 1. The molecule has 19 nitrogen and oxygen atoms in total. The first-order valence-corrected chi connectivity index (χ1v) is 21.5. The van der Waals surface area contributed by atoms with Crippen LogP contribution in [0.1, 0.15) is 25.7 Å². The molecule has 0 spiro atoms. The molecular weight excluding hydrogens is 803 g/mol. The number of esters is 1. The Morgan fingerprint density at radius 3 is 2.66 bits per heavy atom. The van der Waals surface area contributed by atoms with E-state index in [2.05, 4.69) is 22.2 Å². The van der Waals surface area contributed by atoms with E-state index in [1.165, 1.54) is 18.5 Å². The third-order valence-electron chi connectivity index (χ3n) is 10.5. The molecule has 2 fully saturated rings. The number of fused-ring (bicyclic) bond motifs is 4. The molecule has 0 aromatic carbocycles. The summed E-state index contributed by atoms with van der Waals surface area (Å²) in [5.41, 5.74) is 6.62. The van der Waals surface area contributed by atoms with Gasteiger partial charge in [0.15, 0.2) is 18.4 Å². The lowest BCUT2D eigenvalue weighted by Crippen LogP contribution is -2.69. The molecule has 0 amide bonds. The van der Waals surface area contributed by atoms with E-state index in [0.29, 0.717) is 29.9 Å². The number of carbonyl (C=O) groups excluding carboxylic acids is 1. The first kappa shape index (κ1) is 45.9. The van der Waals surface area contributed by atoms with E-state index in [0.717, 1.165) is 12.8 Å². The number of hydrogen-bond acceptors (Lipinski definition) is 18. The van der Waals surface area contributed by atoms with E-state index in [4.69, 9.17) is 29.4 Å². The number of rotatable bonds is 13. The third-order valence-corrected chi connectivity index (χ3v) is 13.1. The molecule has 1 saturated heterocycles. The van der Waals surface area contributed by atoms with Crippen molar-refractivity contribution in [3.05, 3.63) is 59.7 Å². The van der Waals surface area contributed by atoms with E-state index in [1.807, 2.05) is 0 Å². The topological polar surface area (TPSA) is 288 Å². The fourth-order valence-electron chi connectivity index (χ4n) is 7.33. The molecule has 21 heteroatoms. The molecule has 0 aromatic rings. The van der Waals surface area contributed by atoms with E-state index < -0.39 is 73.1 Å². The predicted molar refractivity (Wildman–Crippen MR) is 212 cm³/mol. The predicted octanol–water partition coefficient (Wildman–Crippen LogP) is -1.17. The zero-order chi connectivity index (χ0) is 42.0. The van der Waals surface area contributed by atoms with Crippen LogP contribution in [0.5, 0.6) is 0 Å². The van der Waals surface area contributed by atoms with Crippen LogP contribution in [0.3, 0.4) is 0 Å². The first-order valence-electron chi connectivity index (χ1n) is 19.0. The van der Waals surface area contributed by atoms with Crippen molar-refractivity contribution in [3.8, 4) is 0 Å². The highest BCUT2D eigenvalue weighted by atomic mass is 33.1. The van der Waals surface area contributed by atoms with E-state index >= 15 is 0 Å². The summed E-state index contributed by atoms with van der Waals surface area (Å²) < 4.78 is 29.7. The zero-order valence-corrected chi connectivity index (χ0v) is 33.8. The second-order valence-electron chi connectivity index (χ2n) is 14.4. The van der Waals surface area contributed by atoms with Crippen LogP contribution in [0.15, 0.2) is 64.7 Å². The Kier molecular flexibility index (Phi) is 16.9. The number of allylic oxidation sites excluding steroid dienone is 1. The Labute approximate surface area is 344 Å². The van der Waals surface area contributed by atoms with Gasteiger partial charge in [-0.3, -0.25) is 10.3 Å². The fourth-order valence-corrected chi connectivity index (χ4v) is 10.1. The van der Waals surface area contributed by atoms with Crippen molar-refractivity contribution < 1.29 is 69.0 Å². The number of carbonyl (C=O) groups is 2. The molecule has 4 aliphatic heterocycles. The van der Waals surface area contributed by atoms with Gasteiger partial charge in [0.2, 0.25) is 12.1 Å². The summed E-state index contributed by atoms with van der Waals surface area (Å²) in [6.45, 7) is 2.86. The van der Waals surface area contributed by atoms with Gasteiger partial charge < -0.3 is 75.4 Å². The molecule has 58 heavy (non-hydrogen) atoms. The van der Waals surface area contributed by atoms with Crippen molar-refractivity contribution >= 4 is 39.5 Å². The maximum Gasteiger partial charge on any atom is 0.339 e. The molecule has 0 radical (unpaired) electrons. The normalized spacial score (nSPS) is 33.3. The lowest BCUT2D eigenvalue weighted by molar-refractivity contribution is -0.410. The number of ether oxygens (including phenoxy) is 5. The van der Waals surface area contributed by atoms with Crippen molar-refractivity contribution in [2.45, 2.75) is 74.5 Å². The maximum atomic E-state index is 14.1. The molecule has 324 valence electrons. The van der Waals surface area contributed by atoms with Gasteiger partial charge in [-0.1, -0.05) is 39.8 Å². The number of aliphatic carboxylic acids is 1. The molecule has 10 atom stereocenters. The Bertz CT molecular complexity index is 1610. The van der Waals surface area contributed by atoms with Gasteiger partial charge in [-0.2, -0.15) is 0 Å². The number of aliphatic imine (C=N–C) groups is 1. The standard InChI is InChI=1S/C37H55N5O14S2/c1-3-23-24-9-8-20-12-42(13-25(32(47)48)29(20)41-36(38)40-10-5-11-43)22(14-44)18-58-57-17-21-6-4-7-27(21)54-33(49)26(24)16-52-34(23)56-35-31(53-19-39-2)37(50,51)30(46)28(15-45)55-35/h3,8-9,13,16,21-24,27-28,30-31,34-35,39,43-46,50-51H,1,4-7,10-12,14-15,17-19H2,2H3,(H,47,48)(H3,38,40,41).